The molecular weight excluding hydrogens is 971 g/mol. The van der Waals surface area contributed by atoms with Crippen LogP contribution in [-0.2, 0) is 10.8 Å². The Balaban J connectivity index is 0.888. The highest BCUT2D eigenvalue weighted by Gasteiger charge is 2.25. The smallest absolute Gasteiger partial charge is 0.135 e. The minimum Gasteiger partial charge on any atom is -0.456 e. The number of anilines is 6. The van der Waals surface area contributed by atoms with Crippen LogP contribution < -0.4 is 9.80 Å². The van der Waals surface area contributed by atoms with E-state index in [1.165, 1.54) is 80.2 Å². The van der Waals surface area contributed by atoms with Gasteiger partial charge in [0, 0.05) is 103 Å². The molecular formula is C72H53N3O2S. The predicted molar refractivity (Wildman–Crippen MR) is 333 cm³/mol. The Morgan fingerprint density at radius 3 is 1.42 bits per heavy atom. The lowest BCUT2D eigenvalue weighted by atomic mass is 9.87. The first-order valence-electron chi connectivity index (χ1n) is 27.0. The minimum atomic E-state index is -0.0298. The number of hydrogen-bond acceptors (Lipinski definition) is 5. The van der Waals surface area contributed by atoms with Gasteiger partial charge in [-0.1, -0.05) is 145 Å². The van der Waals surface area contributed by atoms with E-state index >= 15 is 0 Å². The van der Waals surface area contributed by atoms with Crippen molar-refractivity contribution in [3.8, 4) is 0 Å². The van der Waals surface area contributed by atoms with Crippen LogP contribution in [0.1, 0.15) is 52.7 Å². The molecule has 6 heteroatoms. The molecule has 0 aliphatic carbocycles. The van der Waals surface area contributed by atoms with Gasteiger partial charge in [-0.25, -0.2) is 0 Å². The van der Waals surface area contributed by atoms with E-state index in [0.29, 0.717) is 0 Å². The highest BCUT2D eigenvalue weighted by atomic mass is 32.1. The van der Waals surface area contributed by atoms with Gasteiger partial charge < -0.3 is 23.0 Å². The van der Waals surface area contributed by atoms with E-state index in [-0.39, 0.29) is 10.8 Å². The van der Waals surface area contributed by atoms with Crippen molar-refractivity contribution in [2.24, 2.45) is 0 Å². The van der Waals surface area contributed by atoms with Crippen LogP contribution in [0.25, 0.3) is 113 Å². The van der Waals surface area contributed by atoms with Crippen molar-refractivity contribution in [3.63, 3.8) is 0 Å². The van der Waals surface area contributed by atoms with Crippen LogP contribution in [0.15, 0.2) is 221 Å². The Labute approximate surface area is 454 Å². The SMILES string of the molecule is CC(C)(C)c1cccc(N(c2ccc3c(c2)sc2c4cc5c(cc4ccc32)c2cccc3c4ccc(N(c6cccc(C(C)(C)C)c6)c6ccc7oc8ccccc8c7c6)cc4n5c32)c2ccc3oc4ccccc4c3c2)c1. The molecule has 0 atom stereocenters. The lowest BCUT2D eigenvalue weighted by Crippen LogP contribution is -2.14. The summed E-state index contributed by atoms with van der Waals surface area (Å²) >= 11 is 1.90. The fourth-order valence-corrected chi connectivity index (χ4v) is 13.9. The fourth-order valence-electron chi connectivity index (χ4n) is 12.6. The monoisotopic (exact) mass is 1020 g/mol. The zero-order chi connectivity index (χ0) is 52.3. The molecule has 0 saturated heterocycles. The van der Waals surface area contributed by atoms with Crippen LogP contribution in [0.5, 0.6) is 0 Å². The predicted octanol–water partition coefficient (Wildman–Crippen LogP) is 21.7. The van der Waals surface area contributed by atoms with E-state index in [4.69, 9.17) is 8.83 Å². The van der Waals surface area contributed by atoms with Gasteiger partial charge in [-0.15, -0.1) is 11.3 Å². The van der Waals surface area contributed by atoms with Crippen molar-refractivity contribution in [2.75, 3.05) is 9.80 Å². The molecule has 374 valence electrons. The van der Waals surface area contributed by atoms with Crippen molar-refractivity contribution in [1.29, 1.82) is 0 Å². The maximum absolute atomic E-state index is 6.35. The van der Waals surface area contributed by atoms with Crippen molar-refractivity contribution >= 4 is 158 Å². The molecule has 0 amide bonds. The molecule has 78 heavy (non-hydrogen) atoms. The quantitative estimate of drug-likeness (QED) is 0.166. The molecule has 0 fully saturated rings. The van der Waals surface area contributed by atoms with Gasteiger partial charge in [0.05, 0.1) is 16.6 Å². The molecule has 5 aromatic heterocycles. The number of fused-ring (bicyclic) bond motifs is 17. The minimum absolute atomic E-state index is 0.0170. The van der Waals surface area contributed by atoms with E-state index in [9.17, 15) is 0 Å². The van der Waals surface area contributed by atoms with Crippen molar-refractivity contribution in [1.82, 2.24) is 4.40 Å². The highest BCUT2D eigenvalue weighted by Crippen LogP contribution is 2.48. The number of para-hydroxylation sites is 3. The first-order valence-corrected chi connectivity index (χ1v) is 27.9. The van der Waals surface area contributed by atoms with E-state index < -0.39 is 0 Å². The van der Waals surface area contributed by atoms with Crippen molar-refractivity contribution < 1.29 is 8.83 Å². The first kappa shape index (κ1) is 45.1. The standard InChI is InChI=1S/C72H53N3O2S/c1-71(2,3)43-14-11-16-45(35-43)73(47-27-32-66-60(37-47)52-18-7-9-22-64(52)76-66)49-25-30-51-55-20-13-21-56-59-34-42-24-29-57-54-31-26-50(40-68(54)78-70(57)58(42)41-63(59)75(69(55)56)62(51)39-49)74(46-17-12-15-44(36-46)72(4,5)6)48-28-33-67-61(38-48)53-19-8-10-23-65(53)77-67/h7-41H,1-6H3. The molecule has 0 spiro atoms. The fraction of sp³-hybridized carbons (Fsp3) is 0.111. The van der Waals surface area contributed by atoms with Gasteiger partial charge >= 0.3 is 0 Å². The molecule has 16 rings (SSSR count). The number of hydrogen-bond donors (Lipinski definition) is 0. The van der Waals surface area contributed by atoms with Gasteiger partial charge in [-0.2, -0.15) is 0 Å². The molecule has 0 aliphatic rings. The Hall–Kier alpha value is -9.10. The number of aromatic nitrogens is 1. The van der Waals surface area contributed by atoms with Crippen LogP contribution in [-0.4, -0.2) is 4.40 Å². The van der Waals surface area contributed by atoms with Crippen LogP contribution in [0, 0.1) is 0 Å². The first-order chi connectivity index (χ1) is 37.9. The third kappa shape index (κ3) is 6.72. The Bertz CT molecular complexity index is 5150. The number of rotatable bonds is 6. The molecule has 0 aliphatic heterocycles. The molecule has 0 bridgehead atoms. The second-order valence-corrected chi connectivity index (χ2v) is 24.4. The Morgan fingerprint density at radius 1 is 0.333 bits per heavy atom. The van der Waals surface area contributed by atoms with Gasteiger partial charge in [-0.05, 0) is 137 Å². The van der Waals surface area contributed by atoms with Crippen molar-refractivity contribution in [2.45, 2.75) is 52.4 Å². The summed E-state index contributed by atoms with van der Waals surface area (Å²) < 4.78 is 17.8. The molecule has 0 saturated carbocycles. The molecule has 5 heterocycles. The maximum atomic E-state index is 6.35. The Morgan fingerprint density at radius 2 is 0.808 bits per heavy atom. The summed E-state index contributed by atoms with van der Waals surface area (Å²) in [6, 6.07) is 78.5. The van der Waals surface area contributed by atoms with Gasteiger partial charge in [0.25, 0.3) is 0 Å². The van der Waals surface area contributed by atoms with E-state index in [1.54, 1.807) is 0 Å². The molecule has 16 aromatic rings. The van der Waals surface area contributed by atoms with Crippen LogP contribution >= 0.6 is 11.3 Å². The largest absolute Gasteiger partial charge is 0.456 e. The van der Waals surface area contributed by atoms with Crippen LogP contribution in [0.3, 0.4) is 0 Å². The molecule has 5 nitrogen and oxygen atoms in total. The summed E-state index contributed by atoms with van der Waals surface area (Å²) in [5.74, 6) is 0. The number of furan rings is 2. The average molecular weight is 1020 g/mol. The summed E-state index contributed by atoms with van der Waals surface area (Å²) in [6.07, 6.45) is 0. The van der Waals surface area contributed by atoms with Gasteiger partial charge in [0.2, 0.25) is 0 Å². The highest BCUT2D eigenvalue weighted by molar-refractivity contribution is 7.26. The summed E-state index contributed by atoms with van der Waals surface area (Å²) in [4.78, 5) is 4.84. The molecule has 0 N–H and O–H groups in total. The molecule has 0 radical (unpaired) electrons. The summed E-state index contributed by atoms with van der Waals surface area (Å²) in [5, 5.41) is 14.5. The topological polar surface area (TPSA) is 37.2 Å². The van der Waals surface area contributed by atoms with E-state index in [2.05, 4.69) is 256 Å². The van der Waals surface area contributed by atoms with Gasteiger partial charge in [0.15, 0.2) is 0 Å². The lowest BCUT2D eigenvalue weighted by Gasteiger charge is -2.28. The zero-order valence-corrected chi connectivity index (χ0v) is 45.1. The number of thiophene rings is 1. The van der Waals surface area contributed by atoms with E-state index in [0.717, 1.165) is 78.0 Å². The number of benzene rings is 11. The molecule has 11 aromatic carbocycles. The Kier molecular flexibility index (Phi) is 9.38. The second kappa shape index (κ2) is 16.2. The third-order valence-corrected chi connectivity index (χ3v) is 17.8. The van der Waals surface area contributed by atoms with Gasteiger partial charge in [0.1, 0.15) is 22.3 Å². The normalized spacial score (nSPS) is 12.7. The van der Waals surface area contributed by atoms with Gasteiger partial charge in [-0.3, -0.25) is 0 Å². The average Bonchev–Trinajstić information content (AvgIpc) is 4.46. The van der Waals surface area contributed by atoms with Crippen LogP contribution in [0.2, 0.25) is 0 Å². The zero-order valence-electron chi connectivity index (χ0n) is 44.3. The lowest BCUT2D eigenvalue weighted by molar-refractivity contribution is 0.590. The summed E-state index contributed by atoms with van der Waals surface area (Å²) in [6.45, 7) is 13.7. The molecule has 0 unspecified atom stereocenters. The number of nitrogens with zero attached hydrogens (tertiary/aromatic N) is 3. The summed E-state index contributed by atoms with van der Waals surface area (Å²) in [5.41, 5.74) is 16.4. The summed E-state index contributed by atoms with van der Waals surface area (Å²) in [7, 11) is 0. The third-order valence-electron chi connectivity index (χ3n) is 16.6. The van der Waals surface area contributed by atoms with Crippen molar-refractivity contribution in [3.05, 3.63) is 223 Å². The van der Waals surface area contributed by atoms with E-state index in [1.807, 2.05) is 23.5 Å². The maximum Gasteiger partial charge on any atom is 0.135 e. The van der Waals surface area contributed by atoms with Crippen LogP contribution in [0.4, 0.5) is 34.1 Å². The second-order valence-electron chi connectivity index (χ2n) is 23.4.